The summed E-state index contributed by atoms with van der Waals surface area (Å²) in [6, 6.07) is 6.33. The number of aromatic nitrogens is 1. The van der Waals surface area contributed by atoms with Crippen LogP contribution in [0.2, 0.25) is 0 Å². The number of nitrogens with zero attached hydrogens (tertiary/aromatic N) is 5. The molecule has 17 N–H and O–H groups in total. The summed E-state index contributed by atoms with van der Waals surface area (Å²) < 4.78 is 50.8. The number of thioether (sulfide) groups is 1. The number of ether oxygens (including phenoxy) is 1. The molecule has 0 aliphatic carbocycles. The Morgan fingerprint density at radius 1 is 0.552 bits per heavy atom. The molecule has 6 aromatic rings. The number of primary amides is 1. The van der Waals surface area contributed by atoms with Crippen molar-refractivity contribution in [1.82, 2.24) is 77.3 Å². The second-order valence-corrected chi connectivity index (χ2v) is 34.4. The minimum absolute atomic E-state index is 0.155. The standard InChI is InChI=1S/C91H113F3N16O23S/c1-7-8-23-68-90(131)110-45-56(113)41-70(110)85(126)103-65(42-76(118)119)83(124)105-78(49(2)3)91(132)107(5)69(38-50-17-11-9-12-18-50)84(125)100-62(28-29-75(116)117)88(129)109-31-33-133-46-72(109)86(127)102-64(40-54-43-96-60-22-16-15-21-57(54)60)82(123)101-63(36-52-24-26-55(112)27-25-52)81(122)99-61(30-32-111)80(121)104-67(79(120)97-44-73(95)114)47-134-48-74(115)98-66(37-53-34-58(92)77(94)59(93)35-53)87(128)108(6)71(89(130)106(68)4)39-51-19-13-10-14-20-51/h9-22,24-27,34-35,43,49,56,61-72,78,96,111-113H,7-8,23,28-33,36-42,44-48H2,1-6H3,(H2,95,114)(H,97,120)(H,98,115)(H,99,122)(H,100,125)(H,101,123)(H,102,127)(H,103,126)(H,104,121)(H,105,124)(H,116,117)(H,118,119)/t56-,61+,62+,63+,64+,65+,66+,67+,68+,69+,70-,71+,72-,78+/m1/s1. The average Bonchev–Trinajstić information content (AvgIpc) is 1.57. The highest BCUT2D eigenvalue weighted by Gasteiger charge is 2.48. The van der Waals surface area contributed by atoms with Crippen molar-refractivity contribution in [3.63, 3.8) is 0 Å². The van der Waals surface area contributed by atoms with Crippen LogP contribution in [0.1, 0.15) is 100.0 Å². The Bertz CT molecular complexity index is 5220. The minimum Gasteiger partial charge on any atom is -0.508 e. The van der Waals surface area contributed by atoms with Crippen LogP contribution in [0.15, 0.2) is 128 Å². The number of amides is 15. The second-order valence-electron chi connectivity index (χ2n) is 33.4. The summed E-state index contributed by atoms with van der Waals surface area (Å²) in [5.41, 5.74) is 7.07. The number of aliphatic hydroxyl groups excluding tert-OH is 2. The number of hydrogen-bond acceptors (Lipinski definition) is 22. The third-order valence-electron chi connectivity index (χ3n) is 23.3. The summed E-state index contributed by atoms with van der Waals surface area (Å²) in [6.45, 7) is 1.24. The van der Waals surface area contributed by atoms with Gasteiger partial charge in [-0.2, -0.15) is 0 Å². The van der Waals surface area contributed by atoms with Crippen molar-refractivity contribution in [2.75, 3.05) is 72.1 Å². The number of halogens is 3. The molecule has 0 bridgehead atoms. The summed E-state index contributed by atoms with van der Waals surface area (Å²) in [4.78, 5) is 257. The molecule has 5 aromatic carbocycles. The second kappa shape index (κ2) is 49.3. The number of aromatic hydroxyl groups is 1. The molecule has 43 heteroatoms. The van der Waals surface area contributed by atoms with Crippen LogP contribution in [-0.4, -0.2) is 312 Å². The van der Waals surface area contributed by atoms with Crippen LogP contribution in [0.25, 0.3) is 10.9 Å². The number of aromatic amines is 1. The van der Waals surface area contributed by atoms with E-state index in [-0.39, 0.29) is 50.0 Å². The Balaban J connectivity index is 1.14. The Labute approximate surface area is 773 Å². The number of aliphatic hydroxyl groups is 2. The van der Waals surface area contributed by atoms with Gasteiger partial charge in [0.05, 0.1) is 38.0 Å². The van der Waals surface area contributed by atoms with Crippen LogP contribution in [0.4, 0.5) is 13.2 Å². The summed E-state index contributed by atoms with van der Waals surface area (Å²) in [5.74, 6) is -27.4. The Morgan fingerprint density at radius 2 is 1.10 bits per heavy atom. The number of likely N-dealkylation sites (N-methyl/N-ethyl adjacent to an activating group) is 3. The van der Waals surface area contributed by atoms with Gasteiger partial charge in [0.2, 0.25) is 88.6 Å². The van der Waals surface area contributed by atoms with Crippen LogP contribution >= 0.6 is 11.8 Å². The van der Waals surface area contributed by atoms with Gasteiger partial charge in [0, 0.05) is 109 Å². The molecule has 1 aromatic heterocycles. The Hall–Kier alpha value is -13.6. The molecule has 722 valence electrons. The summed E-state index contributed by atoms with van der Waals surface area (Å²) in [7, 11) is 3.53. The van der Waals surface area contributed by atoms with Crippen molar-refractivity contribution in [3.05, 3.63) is 173 Å². The van der Waals surface area contributed by atoms with Crippen molar-refractivity contribution in [3.8, 4) is 5.75 Å². The van der Waals surface area contributed by atoms with Gasteiger partial charge in [0.1, 0.15) is 84.3 Å². The summed E-state index contributed by atoms with van der Waals surface area (Å²) in [5, 5.41) is 75.9. The number of nitrogens with one attached hydrogen (secondary N) is 10. The Kier molecular flexibility index (Phi) is 38.3. The molecular formula is C91H113F3N16O23S. The van der Waals surface area contributed by atoms with Gasteiger partial charge in [-0.1, -0.05) is 125 Å². The first-order valence-corrected chi connectivity index (χ1v) is 44.7. The summed E-state index contributed by atoms with van der Waals surface area (Å²) >= 11 is 0.596. The number of aliphatic carboxylic acids is 2. The van der Waals surface area contributed by atoms with Gasteiger partial charge >= 0.3 is 11.9 Å². The number of carboxylic acids is 2. The number of H-pyrrole nitrogens is 1. The lowest BCUT2D eigenvalue weighted by Crippen LogP contribution is -2.64. The molecule has 0 unspecified atom stereocenters. The number of morpholine rings is 1. The highest BCUT2D eigenvalue weighted by molar-refractivity contribution is 8.00. The normalized spacial score (nSPS) is 24.1. The van der Waals surface area contributed by atoms with Crippen LogP contribution in [0, 0.1) is 23.4 Å². The number of phenolic OH excluding ortho intramolecular Hbond substituents is 1. The van der Waals surface area contributed by atoms with E-state index in [0.717, 1.165) is 31.5 Å². The zero-order valence-corrected chi connectivity index (χ0v) is 75.4. The number of para-hydroxylation sites is 1. The van der Waals surface area contributed by atoms with E-state index in [4.69, 9.17) is 10.5 Å². The molecule has 14 atom stereocenters. The maximum absolute atomic E-state index is 15.7. The van der Waals surface area contributed by atoms with Gasteiger partial charge in [-0.3, -0.25) is 81.5 Å². The SMILES string of the molecule is CCCC[C@H]1C(=O)N2C[C@H](O)C[C@@H]2C(=O)N[C@@H](CC(=O)O)C(=O)N[C@@H](C(C)C)C(=O)N(C)[C@@H](Cc2ccccc2)C(=O)N[C@@H](CCC(=O)O)C(=O)N2CCOC[C@@H]2C(=O)N[C@@H](Cc2c[nH]c3ccccc23)C(=O)N[C@@H](Cc2ccc(O)cc2)C(=O)N[C@@H](CCO)C(=O)N[C@H](C(=O)NCC(N)=O)CSCC(=O)N[C@@H](Cc2cc(F)c(F)c(F)c2)C(=O)N(C)[C@@H](Cc2ccccc2)C(=O)N1C. The number of carbonyl (C=O) groups is 17. The molecule has 3 aliphatic heterocycles. The molecule has 9 rings (SSSR count). The highest BCUT2D eigenvalue weighted by Crippen LogP contribution is 2.28. The fourth-order valence-corrected chi connectivity index (χ4v) is 16.8. The van der Waals surface area contributed by atoms with Gasteiger partial charge in [-0.15, -0.1) is 11.8 Å². The lowest BCUT2D eigenvalue weighted by Gasteiger charge is -2.38. The molecule has 0 spiro atoms. The zero-order valence-electron chi connectivity index (χ0n) is 74.6. The van der Waals surface area contributed by atoms with Gasteiger partial charge in [0.25, 0.3) is 0 Å². The number of rotatable bonds is 24. The topological polar surface area (TPSA) is 567 Å². The Morgan fingerprint density at radius 3 is 1.72 bits per heavy atom. The fourth-order valence-electron chi connectivity index (χ4n) is 15.9. The molecule has 4 heterocycles. The van der Waals surface area contributed by atoms with Crippen LogP contribution < -0.4 is 53.6 Å². The quantitative estimate of drug-likeness (QED) is 0.0332. The molecule has 3 fully saturated rings. The third-order valence-corrected chi connectivity index (χ3v) is 24.3. The smallest absolute Gasteiger partial charge is 0.305 e. The predicted octanol–water partition coefficient (Wildman–Crippen LogP) is -0.731. The number of hydrogen-bond donors (Lipinski definition) is 16. The van der Waals surface area contributed by atoms with Crippen molar-refractivity contribution >= 4 is 123 Å². The van der Waals surface area contributed by atoms with Crippen molar-refractivity contribution in [2.24, 2.45) is 11.7 Å². The largest absolute Gasteiger partial charge is 0.508 e. The van der Waals surface area contributed by atoms with E-state index in [1.165, 1.54) is 52.2 Å². The van der Waals surface area contributed by atoms with E-state index >= 15 is 51.9 Å². The van der Waals surface area contributed by atoms with E-state index in [1.807, 2.05) is 0 Å². The molecule has 0 saturated carbocycles. The molecule has 0 radical (unpaired) electrons. The number of carbonyl (C=O) groups excluding carboxylic acids is 15. The third kappa shape index (κ3) is 28.7. The lowest BCUT2D eigenvalue weighted by atomic mass is 9.98. The fraction of sp³-hybridized carbons (Fsp3) is 0.462. The molecular weight excluding hydrogens is 1770 g/mol. The van der Waals surface area contributed by atoms with Crippen LogP contribution in [0.3, 0.4) is 0 Å². The maximum atomic E-state index is 15.7. The molecule has 15 amide bonds. The number of unbranched alkanes of at least 4 members (excludes halogenated alkanes) is 1. The van der Waals surface area contributed by atoms with E-state index in [2.05, 4.69) is 52.8 Å². The van der Waals surface area contributed by atoms with Gasteiger partial charge in [-0.05, 0) is 83.3 Å². The monoisotopic (exact) mass is 1890 g/mol. The first-order chi connectivity index (χ1) is 63.7. The summed E-state index contributed by atoms with van der Waals surface area (Å²) in [6.07, 6.45) is -5.57. The average molecular weight is 1890 g/mol. The van der Waals surface area contributed by atoms with E-state index in [9.17, 15) is 68.3 Å². The van der Waals surface area contributed by atoms with Crippen LogP contribution in [0.5, 0.6) is 5.75 Å². The maximum Gasteiger partial charge on any atom is 0.305 e. The number of phenols is 1. The molecule has 134 heavy (non-hydrogen) atoms. The number of benzene rings is 5. The van der Waals surface area contributed by atoms with E-state index in [1.54, 1.807) is 98.0 Å². The van der Waals surface area contributed by atoms with Crippen molar-refractivity contribution < 1.29 is 125 Å². The van der Waals surface area contributed by atoms with Crippen LogP contribution in [-0.2, 0) is 118 Å². The molecule has 3 saturated heterocycles. The minimum atomic E-state index is -2.07. The predicted molar refractivity (Wildman–Crippen MR) is 476 cm³/mol. The molecule has 39 nitrogen and oxygen atoms in total. The number of carboxylic acid groups (broad SMARTS) is 2. The first kappa shape index (κ1) is 104. The van der Waals surface area contributed by atoms with E-state index in [0.29, 0.717) is 57.9 Å². The zero-order chi connectivity index (χ0) is 97.9. The van der Waals surface area contributed by atoms with Gasteiger partial charge in [0.15, 0.2) is 17.5 Å². The first-order valence-electron chi connectivity index (χ1n) is 43.6. The number of nitrogens with two attached hydrogens (primary N) is 1. The van der Waals surface area contributed by atoms with Gasteiger partial charge in [-0.25, -0.2) is 13.2 Å². The van der Waals surface area contributed by atoms with Crippen molar-refractivity contribution in [2.45, 2.75) is 189 Å². The van der Waals surface area contributed by atoms with Gasteiger partial charge < -0.3 is 113 Å². The highest BCUT2D eigenvalue weighted by atomic mass is 32.2. The number of fused-ring (bicyclic) bond motifs is 3. The lowest BCUT2D eigenvalue weighted by molar-refractivity contribution is -0.152. The molecule has 3 aliphatic rings. The van der Waals surface area contributed by atoms with Crippen molar-refractivity contribution in [1.29, 1.82) is 0 Å². The van der Waals surface area contributed by atoms with E-state index < -0.39 is 303 Å².